The Morgan fingerprint density at radius 3 is 3.04 bits per heavy atom. The smallest absolute Gasteiger partial charge is 0.228 e. The fourth-order valence-corrected chi connectivity index (χ4v) is 4.40. The molecular formula is C21H21FN2O2S. The van der Waals surface area contributed by atoms with Crippen LogP contribution in [0.4, 0.5) is 4.39 Å². The van der Waals surface area contributed by atoms with Crippen LogP contribution < -0.4 is 0 Å². The van der Waals surface area contributed by atoms with E-state index in [9.17, 15) is 9.18 Å². The van der Waals surface area contributed by atoms with E-state index < -0.39 is 0 Å². The highest BCUT2D eigenvalue weighted by molar-refractivity contribution is 7.13. The van der Waals surface area contributed by atoms with Gasteiger partial charge in [-0.15, -0.1) is 11.3 Å². The fourth-order valence-electron chi connectivity index (χ4n) is 3.62. The third-order valence-corrected chi connectivity index (χ3v) is 5.80. The van der Waals surface area contributed by atoms with Crippen LogP contribution in [0.3, 0.4) is 0 Å². The van der Waals surface area contributed by atoms with E-state index in [4.69, 9.17) is 4.42 Å². The van der Waals surface area contributed by atoms with Gasteiger partial charge in [0.15, 0.2) is 10.8 Å². The lowest BCUT2D eigenvalue weighted by Crippen LogP contribution is -2.37. The van der Waals surface area contributed by atoms with Crippen LogP contribution in [0, 0.1) is 12.7 Å². The molecule has 1 aliphatic heterocycles. The molecule has 1 amide bonds. The number of amides is 1. The van der Waals surface area contributed by atoms with Crippen LogP contribution in [0.2, 0.25) is 0 Å². The van der Waals surface area contributed by atoms with E-state index in [1.807, 2.05) is 35.4 Å². The first-order chi connectivity index (χ1) is 13.1. The molecule has 3 heterocycles. The van der Waals surface area contributed by atoms with Gasteiger partial charge in [0.05, 0.1) is 12.1 Å². The largest absolute Gasteiger partial charge is 0.459 e. The molecule has 0 bridgehead atoms. The summed E-state index contributed by atoms with van der Waals surface area (Å²) in [7, 11) is 0. The molecule has 1 unspecified atom stereocenters. The molecule has 1 fully saturated rings. The van der Waals surface area contributed by atoms with Gasteiger partial charge in [-0.3, -0.25) is 4.79 Å². The molecule has 3 aromatic rings. The van der Waals surface area contributed by atoms with Crippen molar-refractivity contribution >= 4 is 17.2 Å². The van der Waals surface area contributed by atoms with Crippen molar-refractivity contribution in [3.63, 3.8) is 0 Å². The Labute approximate surface area is 161 Å². The number of rotatable bonds is 5. The second kappa shape index (κ2) is 7.64. The van der Waals surface area contributed by atoms with Crippen molar-refractivity contribution in [2.24, 2.45) is 0 Å². The SMILES string of the molecule is Cc1ccc(-c2nc(CC(=O)N3CCCC3Cc3cccc(F)c3)cs2)o1. The van der Waals surface area contributed by atoms with Crippen LogP contribution in [0.5, 0.6) is 0 Å². The Morgan fingerprint density at radius 2 is 2.26 bits per heavy atom. The molecule has 1 aliphatic rings. The van der Waals surface area contributed by atoms with Crippen molar-refractivity contribution in [1.82, 2.24) is 9.88 Å². The molecule has 1 saturated heterocycles. The lowest BCUT2D eigenvalue weighted by atomic mass is 10.0. The fraction of sp³-hybridized carbons (Fsp3) is 0.333. The van der Waals surface area contributed by atoms with Crippen LogP contribution >= 0.6 is 11.3 Å². The van der Waals surface area contributed by atoms with E-state index in [1.165, 1.54) is 17.4 Å². The molecule has 4 rings (SSSR count). The molecule has 27 heavy (non-hydrogen) atoms. The summed E-state index contributed by atoms with van der Waals surface area (Å²) < 4.78 is 19.0. The molecule has 1 aromatic carbocycles. The van der Waals surface area contributed by atoms with Crippen molar-refractivity contribution in [1.29, 1.82) is 0 Å². The highest BCUT2D eigenvalue weighted by Crippen LogP contribution is 2.27. The lowest BCUT2D eigenvalue weighted by molar-refractivity contribution is -0.131. The van der Waals surface area contributed by atoms with Gasteiger partial charge in [0.1, 0.15) is 11.6 Å². The van der Waals surface area contributed by atoms with Gasteiger partial charge in [0.25, 0.3) is 0 Å². The number of aryl methyl sites for hydroxylation is 1. The molecular weight excluding hydrogens is 363 g/mol. The molecule has 1 atom stereocenters. The molecule has 0 saturated carbocycles. The predicted octanol–water partition coefficient (Wildman–Crippen LogP) is 4.63. The van der Waals surface area contributed by atoms with E-state index in [2.05, 4.69) is 4.98 Å². The number of carbonyl (C=O) groups is 1. The summed E-state index contributed by atoms with van der Waals surface area (Å²) in [5.74, 6) is 1.43. The number of nitrogens with zero attached hydrogens (tertiary/aromatic N) is 2. The van der Waals surface area contributed by atoms with Crippen LogP contribution in [0.1, 0.15) is 29.9 Å². The Bertz CT molecular complexity index is 949. The molecule has 0 aliphatic carbocycles. The van der Waals surface area contributed by atoms with Crippen LogP contribution in [-0.2, 0) is 17.6 Å². The average molecular weight is 384 g/mol. The van der Waals surface area contributed by atoms with Crippen LogP contribution in [0.15, 0.2) is 46.2 Å². The topological polar surface area (TPSA) is 46.3 Å². The number of aromatic nitrogens is 1. The molecule has 4 nitrogen and oxygen atoms in total. The maximum atomic E-state index is 13.4. The quantitative estimate of drug-likeness (QED) is 0.644. The highest BCUT2D eigenvalue weighted by atomic mass is 32.1. The summed E-state index contributed by atoms with van der Waals surface area (Å²) in [5.41, 5.74) is 1.70. The minimum absolute atomic E-state index is 0.0846. The number of likely N-dealkylation sites (tertiary alicyclic amines) is 1. The van der Waals surface area contributed by atoms with E-state index in [-0.39, 0.29) is 24.2 Å². The summed E-state index contributed by atoms with van der Waals surface area (Å²) in [6.45, 7) is 2.65. The number of thiazole rings is 1. The van der Waals surface area contributed by atoms with E-state index in [0.717, 1.165) is 47.2 Å². The van der Waals surface area contributed by atoms with Gasteiger partial charge in [0, 0.05) is 18.0 Å². The zero-order chi connectivity index (χ0) is 18.8. The zero-order valence-electron chi connectivity index (χ0n) is 15.2. The first-order valence-corrected chi connectivity index (χ1v) is 10.0. The van der Waals surface area contributed by atoms with E-state index >= 15 is 0 Å². The van der Waals surface area contributed by atoms with Gasteiger partial charge >= 0.3 is 0 Å². The molecule has 0 radical (unpaired) electrons. The summed E-state index contributed by atoms with van der Waals surface area (Å²) in [6.07, 6.45) is 2.92. The molecule has 0 spiro atoms. The zero-order valence-corrected chi connectivity index (χ0v) is 16.0. The van der Waals surface area contributed by atoms with Crippen molar-refractivity contribution in [3.8, 4) is 10.8 Å². The Kier molecular flexibility index (Phi) is 5.07. The molecule has 2 aromatic heterocycles. The summed E-state index contributed by atoms with van der Waals surface area (Å²) >= 11 is 1.49. The van der Waals surface area contributed by atoms with E-state index in [0.29, 0.717) is 6.42 Å². The Hall–Kier alpha value is -2.47. The normalized spacial score (nSPS) is 16.8. The van der Waals surface area contributed by atoms with E-state index in [1.54, 1.807) is 12.1 Å². The number of carbonyl (C=O) groups excluding carboxylic acids is 1. The number of benzene rings is 1. The van der Waals surface area contributed by atoms with Gasteiger partial charge in [-0.1, -0.05) is 12.1 Å². The number of hydrogen-bond donors (Lipinski definition) is 0. The Morgan fingerprint density at radius 1 is 1.37 bits per heavy atom. The third-order valence-electron chi connectivity index (χ3n) is 4.89. The van der Waals surface area contributed by atoms with Crippen molar-refractivity contribution in [2.45, 2.75) is 38.6 Å². The minimum atomic E-state index is -0.230. The minimum Gasteiger partial charge on any atom is -0.459 e. The average Bonchev–Trinajstić information content (AvgIpc) is 3.36. The first-order valence-electron chi connectivity index (χ1n) is 9.13. The highest BCUT2D eigenvalue weighted by Gasteiger charge is 2.29. The van der Waals surface area contributed by atoms with Crippen molar-refractivity contribution in [2.75, 3.05) is 6.54 Å². The third kappa shape index (κ3) is 4.11. The monoisotopic (exact) mass is 384 g/mol. The maximum absolute atomic E-state index is 13.4. The van der Waals surface area contributed by atoms with Gasteiger partial charge in [0.2, 0.25) is 5.91 Å². The lowest BCUT2D eigenvalue weighted by Gasteiger charge is -2.24. The number of hydrogen-bond acceptors (Lipinski definition) is 4. The van der Waals surface area contributed by atoms with Gasteiger partial charge in [-0.25, -0.2) is 9.37 Å². The standard InChI is InChI=1S/C21H21FN2O2S/c1-14-7-8-19(26-14)21-23-17(13-27-21)12-20(25)24-9-3-6-18(24)11-15-4-2-5-16(22)10-15/h2,4-5,7-8,10,13,18H,3,6,9,11-12H2,1H3. The number of halogens is 1. The number of furan rings is 1. The molecule has 6 heteroatoms. The maximum Gasteiger partial charge on any atom is 0.228 e. The molecule has 140 valence electrons. The first kappa shape index (κ1) is 17.9. The van der Waals surface area contributed by atoms with Gasteiger partial charge in [-0.05, 0) is 56.0 Å². The summed E-state index contributed by atoms with van der Waals surface area (Å²) in [4.78, 5) is 19.3. The Balaban J connectivity index is 1.42. The summed E-state index contributed by atoms with van der Waals surface area (Å²) in [6, 6.07) is 10.6. The van der Waals surface area contributed by atoms with Crippen LogP contribution in [0.25, 0.3) is 10.8 Å². The van der Waals surface area contributed by atoms with Crippen molar-refractivity contribution in [3.05, 3.63) is 64.6 Å². The summed E-state index contributed by atoms with van der Waals surface area (Å²) in [5, 5.41) is 2.71. The van der Waals surface area contributed by atoms with Crippen molar-refractivity contribution < 1.29 is 13.6 Å². The molecule has 0 N–H and O–H groups in total. The predicted molar refractivity (Wildman–Crippen MR) is 103 cm³/mol. The van der Waals surface area contributed by atoms with Gasteiger partial charge in [-0.2, -0.15) is 0 Å². The second-order valence-corrected chi connectivity index (χ2v) is 7.81. The van der Waals surface area contributed by atoms with Gasteiger partial charge < -0.3 is 9.32 Å². The second-order valence-electron chi connectivity index (χ2n) is 6.95. The van der Waals surface area contributed by atoms with Crippen LogP contribution in [-0.4, -0.2) is 28.4 Å².